The molecule has 5 unspecified atom stereocenters. The van der Waals surface area contributed by atoms with Crippen molar-refractivity contribution in [1.82, 2.24) is 0 Å². The van der Waals surface area contributed by atoms with Gasteiger partial charge in [0.1, 0.15) is 31.5 Å². The molecule has 5 N–H and O–H groups in total. The molecule has 0 aromatic rings. The van der Waals surface area contributed by atoms with Crippen molar-refractivity contribution in [3.05, 3.63) is 36.5 Å². The Morgan fingerprint density at radius 3 is 0.943 bits per heavy atom. The lowest BCUT2D eigenvalue weighted by Gasteiger charge is -2.19. The number of hydrogen-bond acceptors (Lipinski definition) is 13. The van der Waals surface area contributed by atoms with E-state index in [2.05, 4.69) is 59.4 Å². The molecule has 0 aliphatic rings. The number of hydrogen-bond donors (Lipinski definition) is 5. The van der Waals surface area contributed by atoms with Crippen LogP contribution < -0.4 is 0 Å². The van der Waals surface area contributed by atoms with Gasteiger partial charge in [0.25, 0.3) is 0 Å². The zero-order valence-electron chi connectivity index (χ0n) is 43.7. The predicted octanol–water partition coefficient (Wildman–Crippen LogP) is 13.4. The molecular formula is C53H100O15P2. The summed E-state index contributed by atoms with van der Waals surface area (Å²) >= 11 is 0. The van der Waals surface area contributed by atoms with Crippen LogP contribution in [0.15, 0.2) is 36.5 Å². The Bertz CT molecular complexity index is 1390. The van der Waals surface area contributed by atoms with Crippen LogP contribution in [0.2, 0.25) is 0 Å². The quantitative estimate of drug-likeness (QED) is 0.0165. The SMILES string of the molecule is CCCCC/C=C\C/C=C\CCCCCCCCCCCCCC(=O)OCC(O)COP(=O)(O)OCC(O)COP(=O)(O)OCC(O)COC(=O)CCCCCCCCC/C=C/CCCCCCCC. The summed E-state index contributed by atoms with van der Waals surface area (Å²) in [5.74, 6) is -0.996. The highest BCUT2D eigenvalue weighted by atomic mass is 31.2. The molecule has 0 aliphatic heterocycles. The number of aliphatic hydroxyl groups excluding tert-OH is 3. The molecule has 0 heterocycles. The maximum Gasteiger partial charge on any atom is 0.472 e. The fraction of sp³-hybridized carbons (Fsp3) is 0.849. The van der Waals surface area contributed by atoms with E-state index >= 15 is 0 Å². The van der Waals surface area contributed by atoms with E-state index in [4.69, 9.17) is 18.5 Å². The molecule has 0 radical (unpaired) electrons. The molecule has 0 rings (SSSR count). The second kappa shape index (κ2) is 49.5. The second-order valence-electron chi connectivity index (χ2n) is 18.6. The fourth-order valence-corrected chi connectivity index (χ4v) is 8.89. The van der Waals surface area contributed by atoms with Gasteiger partial charge in [-0.3, -0.25) is 27.7 Å². The van der Waals surface area contributed by atoms with Crippen molar-refractivity contribution in [2.24, 2.45) is 0 Å². The summed E-state index contributed by atoms with van der Waals surface area (Å²) in [6.07, 6.45) is 46.9. The van der Waals surface area contributed by atoms with Gasteiger partial charge in [0.15, 0.2) is 0 Å². The fourth-order valence-electron chi connectivity index (χ4n) is 7.30. The first-order valence-electron chi connectivity index (χ1n) is 27.3. The summed E-state index contributed by atoms with van der Waals surface area (Å²) < 4.78 is 53.2. The third kappa shape index (κ3) is 51.2. The van der Waals surface area contributed by atoms with Crippen LogP contribution in [0.5, 0.6) is 0 Å². The minimum Gasteiger partial charge on any atom is -0.463 e. The lowest BCUT2D eigenvalue weighted by atomic mass is 10.0. The first-order chi connectivity index (χ1) is 33.8. The number of unbranched alkanes of at least 4 members (excludes halogenated alkanes) is 27. The van der Waals surface area contributed by atoms with Crippen LogP contribution in [0.25, 0.3) is 0 Å². The van der Waals surface area contributed by atoms with E-state index in [1.165, 1.54) is 135 Å². The van der Waals surface area contributed by atoms with Gasteiger partial charge in [-0.05, 0) is 70.6 Å². The average Bonchev–Trinajstić information content (AvgIpc) is 3.34. The van der Waals surface area contributed by atoms with Crippen molar-refractivity contribution in [2.45, 2.75) is 250 Å². The lowest BCUT2D eigenvalue weighted by molar-refractivity contribution is -0.148. The van der Waals surface area contributed by atoms with Crippen molar-refractivity contribution in [3.63, 3.8) is 0 Å². The van der Waals surface area contributed by atoms with Crippen LogP contribution in [0.4, 0.5) is 0 Å². The van der Waals surface area contributed by atoms with Gasteiger partial charge in [-0.15, -0.1) is 0 Å². The smallest absolute Gasteiger partial charge is 0.463 e. The Morgan fingerprint density at radius 2 is 0.614 bits per heavy atom. The van der Waals surface area contributed by atoms with Crippen LogP contribution in [0.1, 0.15) is 232 Å². The van der Waals surface area contributed by atoms with Crippen molar-refractivity contribution in [3.8, 4) is 0 Å². The van der Waals surface area contributed by atoms with Gasteiger partial charge in [0, 0.05) is 12.8 Å². The minimum absolute atomic E-state index is 0.193. The summed E-state index contributed by atoms with van der Waals surface area (Å²) in [4.78, 5) is 43.9. The average molecular weight is 1040 g/mol. The van der Waals surface area contributed by atoms with E-state index < -0.39 is 85.5 Å². The standard InChI is InChI=1S/C53H100O15P2/c1-3-5-7-9-11-13-15-17-19-21-22-23-24-26-28-30-32-34-36-38-40-42-53(58)64-44-50(55)46-66-70(61,62)68-48-51(56)47-67-69(59,60)65-45-49(54)43-63-52(57)41-39-37-35-33-31-29-27-25-20-18-16-14-12-10-8-6-4-2/h11,13,17-20,49-51,54-56H,3-10,12,14-16,21-48H2,1-2H3,(H,59,60)(H,61,62)/b13-11-,19-17-,20-18+. The summed E-state index contributed by atoms with van der Waals surface area (Å²) in [5, 5.41) is 30.1. The molecule has 70 heavy (non-hydrogen) atoms. The van der Waals surface area contributed by atoms with E-state index in [9.17, 15) is 43.8 Å². The van der Waals surface area contributed by atoms with E-state index in [1.807, 2.05) is 0 Å². The molecule has 0 fully saturated rings. The number of carbonyl (C=O) groups excluding carboxylic acids is 2. The zero-order chi connectivity index (χ0) is 51.7. The molecule has 15 nitrogen and oxygen atoms in total. The molecule has 0 aromatic heterocycles. The molecule has 0 aliphatic carbocycles. The topological polar surface area (TPSA) is 225 Å². The van der Waals surface area contributed by atoms with Gasteiger partial charge in [-0.2, -0.15) is 0 Å². The molecule has 0 bridgehead atoms. The largest absolute Gasteiger partial charge is 0.472 e. The molecule has 0 saturated carbocycles. The van der Waals surface area contributed by atoms with Crippen LogP contribution in [-0.2, 0) is 46.3 Å². The first-order valence-corrected chi connectivity index (χ1v) is 30.3. The molecule has 0 aromatic carbocycles. The number of esters is 2. The number of carbonyl (C=O) groups is 2. The van der Waals surface area contributed by atoms with Crippen molar-refractivity contribution in [2.75, 3.05) is 39.6 Å². The summed E-state index contributed by atoms with van der Waals surface area (Å²) in [6, 6.07) is 0. The molecule has 17 heteroatoms. The molecule has 0 spiro atoms. The Morgan fingerprint density at radius 1 is 0.371 bits per heavy atom. The third-order valence-corrected chi connectivity index (χ3v) is 13.5. The Hall–Kier alpha value is -1.74. The molecule has 0 saturated heterocycles. The highest BCUT2D eigenvalue weighted by Crippen LogP contribution is 2.45. The van der Waals surface area contributed by atoms with E-state index in [-0.39, 0.29) is 12.8 Å². The lowest BCUT2D eigenvalue weighted by Crippen LogP contribution is -2.25. The number of phosphoric acid groups is 2. The van der Waals surface area contributed by atoms with Crippen LogP contribution in [-0.4, -0.2) is 95.0 Å². The summed E-state index contributed by atoms with van der Waals surface area (Å²) in [7, 11) is -9.58. The molecule has 412 valence electrons. The van der Waals surface area contributed by atoms with Crippen LogP contribution in [0.3, 0.4) is 0 Å². The predicted molar refractivity (Wildman–Crippen MR) is 279 cm³/mol. The Kier molecular flexibility index (Phi) is 48.2. The maximum absolute atomic E-state index is 12.2. The Labute approximate surface area is 424 Å². The zero-order valence-corrected chi connectivity index (χ0v) is 45.5. The number of ether oxygens (including phenoxy) is 2. The van der Waals surface area contributed by atoms with Gasteiger partial charge in [0.2, 0.25) is 0 Å². The number of allylic oxidation sites excluding steroid dienone is 6. The molecular weight excluding hydrogens is 939 g/mol. The van der Waals surface area contributed by atoms with Gasteiger partial charge < -0.3 is 34.6 Å². The minimum atomic E-state index is -4.79. The number of phosphoric ester groups is 2. The highest BCUT2D eigenvalue weighted by molar-refractivity contribution is 7.47. The first kappa shape index (κ1) is 68.3. The second-order valence-corrected chi connectivity index (χ2v) is 21.5. The Balaban J connectivity index is 3.82. The third-order valence-electron chi connectivity index (χ3n) is 11.6. The monoisotopic (exact) mass is 1040 g/mol. The van der Waals surface area contributed by atoms with Crippen molar-refractivity contribution < 1.29 is 71.4 Å². The molecule has 5 atom stereocenters. The van der Waals surface area contributed by atoms with Crippen molar-refractivity contribution in [1.29, 1.82) is 0 Å². The van der Waals surface area contributed by atoms with Gasteiger partial charge in [-0.1, -0.05) is 185 Å². The van der Waals surface area contributed by atoms with Gasteiger partial charge in [0.05, 0.1) is 26.4 Å². The van der Waals surface area contributed by atoms with Gasteiger partial charge >= 0.3 is 27.6 Å². The van der Waals surface area contributed by atoms with Crippen molar-refractivity contribution >= 4 is 27.6 Å². The summed E-state index contributed by atoms with van der Waals surface area (Å²) in [6.45, 7) is 0.426. The van der Waals surface area contributed by atoms with Crippen LogP contribution >= 0.6 is 15.6 Å². The normalized spacial score (nSPS) is 15.1. The number of aliphatic hydroxyl groups is 3. The maximum atomic E-state index is 12.2. The van der Waals surface area contributed by atoms with E-state index in [0.29, 0.717) is 12.8 Å². The number of rotatable bonds is 53. The summed E-state index contributed by atoms with van der Waals surface area (Å²) in [5.41, 5.74) is 0. The van der Waals surface area contributed by atoms with Gasteiger partial charge in [-0.25, -0.2) is 9.13 Å². The molecule has 0 amide bonds. The van der Waals surface area contributed by atoms with E-state index in [1.54, 1.807) is 0 Å². The highest BCUT2D eigenvalue weighted by Gasteiger charge is 2.28. The van der Waals surface area contributed by atoms with Crippen LogP contribution in [0, 0.1) is 0 Å². The van der Waals surface area contributed by atoms with E-state index in [0.717, 1.165) is 57.8 Å².